The van der Waals surface area contributed by atoms with Gasteiger partial charge in [-0.3, -0.25) is 0 Å². The van der Waals surface area contributed by atoms with Crippen molar-refractivity contribution in [1.82, 2.24) is 0 Å². The van der Waals surface area contributed by atoms with Gasteiger partial charge in [-0.05, 0) is 29.3 Å². The van der Waals surface area contributed by atoms with E-state index in [9.17, 15) is 36.2 Å². The van der Waals surface area contributed by atoms with E-state index in [1.165, 1.54) is 0 Å². The zero-order valence-corrected chi connectivity index (χ0v) is 9.02. The summed E-state index contributed by atoms with van der Waals surface area (Å²) in [6.45, 7) is 2.87. The van der Waals surface area contributed by atoms with Crippen molar-refractivity contribution in [3.05, 3.63) is 41.5 Å². The summed E-state index contributed by atoms with van der Waals surface area (Å²) in [4.78, 5) is 10.4. The van der Waals surface area contributed by atoms with Crippen molar-refractivity contribution in [2.75, 3.05) is 0 Å². The van der Waals surface area contributed by atoms with Gasteiger partial charge in [-0.2, -0.15) is 26.3 Å². The van der Waals surface area contributed by atoms with Gasteiger partial charge in [0, 0.05) is 0 Å². The second kappa shape index (κ2) is 4.60. The Morgan fingerprint density at radius 1 is 0.947 bits per heavy atom. The number of carbonyl (C=O) groups excluding carboxylic acids is 1. The van der Waals surface area contributed by atoms with Crippen LogP contribution in [0.4, 0.5) is 26.3 Å². The van der Waals surface area contributed by atoms with Gasteiger partial charge in [0.2, 0.25) is 0 Å². The van der Waals surface area contributed by atoms with Gasteiger partial charge < -0.3 is 9.90 Å². The van der Waals surface area contributed by atoms with Gasteiger partial charge in [-0.1, -0.05) is 6.58 Å². The third-order valence-electron chi connectivity index (χ3n) is 2.18. The molecule has 0 bridgehead atoms. The normalized spacial score (nSPS) is 12.3. The highest BCUT2D eigenvalue weighted by Crippen LogP contribution is 2.37. The first kappa shape index (κ1) is 15.1. The average molecular weight is 283 g/mol. The molecule has 19 heavy (non-hydrogen) atoms. The van der Waals surface area contributed by atoms with Crippen LogP contribution >= 0.6 is 0 Å². The molecule has 0 aliphatic rings. The first-order chi connectivity index (χ1) is 8.43. The van der Waals surface area contributed by atoms with E-state index in [0.717, 1.165) is 0 Å². The number of carbonyl (C=O) groups is 1. The zero-order chi connectivity index (χ0) is 15.0. The number of rotatable bonds is 2. The van der Waals surface area contributed by atoms with Crippen LogP contribution in [-0.2, 0) is 17.1 Å². The number of aliphatic carboxylic acids is 1. The van der Waals surface area contributed by atoms with E-state index in [0.29, 0.717) is 0 Å². The number of hydrogen-bond acceptors (Lipinski definition) is 2. The third-order valence-corrected chi connectivity index (χ3v) is 2.18. The molecule has 0 aromatic heterocycles. The lowest BCUT2D eigenvalue weighted by molar-refractivity contribution is -0.295. The quantitative estimate of drug-likeness (QED) is 0.618. The predicted octanol–water partition coefficient (Wildman–Crippen LogP) is 2.49. The van der Waals surface area contributed by atoms with Crippen LogP contribution in [0.15, 0.2) is 24.8 Å². The summed E-state index contributed by atoms with van der Waals surface area (Å²) in [6, 6.07) is 0.437. The minimum Gasteiger partial charge on any atom is -0.545 e. The van der Waals surface area contributed by atoms with Crippen molar-refractivity contribution in [3.8, 4) is 0 Å². The molecule has 0 fully saturated rings. The molecule has 0 amide bonds. The van der Waals surface area contributed by atoms with Crippen LogP contribution in [0.5, 0.6) is 0 Å². The maximum atomic E-state index is 12.4. The molecule has 0 saturated carbocycles. The molecule has 0 N–H and O–H groups in total. The smallest absolute Gasteiger partial charge is 0.416 e. The summed E-state index contributed by atoms with van der Waals surface area (Å²) in [5.74, 6) is -1.95. The van der Waals surface area contributed by atoms with Gasteiger partial charge in [0.25, 0.3) is 0 Å². The highest BCUT2D eigenvalue weighted by molar-refractivity contribution is 6.13. The van der Waals surface area contributed by atoms with Crippen molar-refractivity contribution in [2.24, 2.45) is 0 Å². The van der Waals surface area contributed by atoms with E-state index in [-0.39, 0.29) is 18.2 Å². The van der Waals surface area contributed by atoms with Crippen molar-refractivity contribution in [2.45, 2.75) is 12.4 Å². The molecule has 1 aromatic rings. The number of hydrogen-bond donors (Lipinski definition) is 0. The van der Waals surface area contributed by atoms with Crippen LogP contribution in [0.3, 0.4) is 0 Å². The lowest BCUT2D eigenvalue weighted by Gasteiger charge is -2.15. The lowest BCUT2D eigenvalue weighted by atomic mass is 10.00. The molecule has 0 unspecified atom stereocenters. The molecular weight excluding hydrogens is 278 g/mol. The Labute approximate surface area is 103 Å². The van der Waals surface area contributed by atoms with Crippen LogP contribution in [0.2, 0.25) is 0 Å². The largest absolute Gasteiger partial charge is 0.545 e. The molecule has 0 heterocycles. The van der Waals surface area contributed by atoms with E-state index in [1.807, 2.05) is 0 Å². The first-order valence-corrected chi connectivity index (χ1v) is 4.63. The number of benzene rings is 1. The molecule has 1 rings (SSSR count). The number of carboxylic acids is 1. The molecule has 1 aromatic carbocycles. The van der Waals surface area contributed by atoms with Crippen molar-refractivity contribution >= 4 is 11.5 Å². The Bertz CT molecular complexity index is 495. The van der Waals surface area contributed by atoms with E-state index < -0.39 is 40.6 Å². The van der Waals surface area contributed by atoms with Crippen LogP contribution in [0.25, 0.3) is 5.57 Å². The van der Waals surface area contributed by atoms with Gasteiger partial charge in [-0.25, -0.2) is 0 Å². The topological polar surface area (TPSA) is 40.1 Å². The molecule has 0 aliphatic heterocycles. The summed E-state index contributed by atoms with van der Waals surface area (Å²) in [5, 5.41) is 10.4. The summed E-state index contributed by atoms with van der Waals surface area (Å²) in [7, 11) is 0. The molecule has 2 nitrogen and oxygen atoms in total. The second-order valence-corrected chi connectivity index (χ2v) is 3.56. The van der Waals surface area contributed by atoms with Gasteiger partial charge in [0.1, 0.15) is 0 Å². The standard InChI is InChI=1S/C11H6F6O2/c1-5(9(18)19)6-2-7(10(12,13)14)4-8(3-6)11(15,16)17/h2-4H,1H2,(H,18,19)/p-1. The number of carboxylic acid groups (broad SMARTS) is 1. The Kier molecular flexibility index (Phi) is 3.65. The molecule has 0 atom stereocenters. The molecule has 0 aliphatic carbocycles. The SMILES string of the molecule is C=C(C(=O)[O-])c1cc(C(F)(F)F)cc(C(F)(F)F)c1. The molecule has 0 radical (unpaired) electrons. The summed E-state index contributed by atoms with van der Waals surface area (Å²) >= 11 is 0. The number of halogens is 6. The van der Waals surface area contributed by atoms with Crippen molar-refractivity contribution in [1.29, 1.82) is 0 Å². The van der Waals surface area contributed by atoms with E-state index >= 15 is 0 Å². The van der Waals surface area contributed by atoms with Gasteiger partial charge in [0.15, 0.2) is 0 Å². The number of alkyl halides is 6. The van der Waals surface area contributed by atoms with Gasteiger partial charge >= 0.3 is 12.4 Å². The fourth-order valence-corrected chi connectivity index (χ4v) is 1.25. The average Bonchev–Trinajstić information content (AvgIpc) is 2.24. The molecule has 0 spiro atoms. The second-order valence-electron chi connectivity index (χ2n) is 3.56. The van der Waals surface area contributed by atoms with E-state index in [2.05, 4.69) is 6.58 Å². The van der Waals surface area contributed by atoms with E-state index in [1.54, 1.807) is 0 Å². The lowest BCUT2D eigenvalue weighted by Crippen LogP contribution is -2.23. The minimum absolute atomic E-state index is 0.105. The fraction of sp³-hybridized carbons (Fsp3) is 0.182. The Hall–Kier alpha value is -1.99. The summed E-state index contributed by atoms with van der Waals surface area (Å²) < 4.78 is 74.6. The van der Waals surface area contributed by atoms with Crippen molar-refractivity contribution in [3.63, 3.8) is 0 Å². The van der Waals surface area contributed by atoms with Crippen molar-refractivity contribution < 1.29 is 36.2 Å². The Balaban J connectivity index is 3.50. The van der Waals surface area contributed by atoms with Crippen LogP contribution in [0.1, 0.15) is 16.7 Å². The fourth-order valence-electron chi connectivity index (χ4n) is 1.25. The minimum atomic E-state index is -5.04. The Morgan fingerprint density at radius 2 is 1.32 bits per heavy atom. The maximum Gasteiger partial charge on any atom is 0.416 e. The summed E-state index contributed by atoms with van der Waals surface area (Å²) in [5.41, 5.74) is -4.99. The zero-order valence-electron chi connectivity index (χ0n) is 9.02. The predicted molar refractivity (Wildman–Crippen MR) is 50.5 cm³/mol. The molecule has 0 saturated heterocycles. The van der Waals surface area contributed by atoms with Gasteiger partial charge in [-0.15, -0.1) is 0 Å². The highest BCUT2D eigenvalue weighted by Gasteiger charge is 2.37. The van der Waals surface area contributed by atoms with Crippen LogP contribution in [0, 0.1) is 0 Å². The third kappa shape index (κ3) is 3.49. The summed E-state index contributed by atoms with van der Waals surface area (Å²) in [6.07, 6.45) is -10.1. The Morgan fingerprint density at radius 3 is 1.58 bits per heavy atom. The molecular formula is C11H5F6O2-. The monoisotopic (exact) mass is 283 g/mol. The van der Waals surface area contributed by atoms with Crippen LogP contribution < -0.4 is 5.11 Å². The first-order valence-electron chi connectivity index (χ1n) is 4.63. The van der Waals surface area contributed by atoms with Crippen LogP contribution in [-0.4, -0.2) is 5.97 Å². The van der Waals surface area contributed by atoms with Gasteiger partial charge in [0.05, 0.1) is 17.1 Å². The highest BCUT2D eigenvalue weighted by atomic mass is 19.4. The maximum absolute atomic E-state index is 12.4. The molecule has 8 heteroatoms. The molecule has 104 valence electrons. The van der Waals surface area contributed by atoms with E-state index in [4.69, 9.17) is 0 Å².